The minimum absolute atomic E-state index is 0.568. The first kappa shape index (κ1) is 13.3. The maximum atomic E-state index is 4.59. The largest absolute Gasteiger partial charge is 0.273 e. The van der Waals surface area contributed by atoms with Crippen LogP contribution in [0.4, 0.5) is 5.69 Å². The molecule has 0 fully saturated rings. The smallest absolute Gasteiger partial charge is 0.180 e. The highest BCUT2D eigenvalue weighted by molar-refractivity contribution is 5.91. The van der Waals surface area contributed by atoms with Crippen LogP contribution >= 0.6 is 0 Å². The van der Waals surface area contributed by atoms with Crippen molar-refractivity contribution < 1.29 is 0 Å². The molecule has 0 amide bonds. The molecule has 0 aliphatic heterocycles. The second-order valence-corrected chi connectivity index (χ2v) is 5.02. The van der Waals surface area contributed by atoms with E-state index in [2.05, 4.69) is 25.2 Å². The lowest BCUT2D eigenvalue weighted by Crippen LogP contribution is -2.04. The van der Waals surface area contributed by atoms with Crippen molar-refractivity contribution in [3.8, 4) is 11.3 Å². The van der Waals surface area contributed by atoms with E-state index in [1.54, 1.807) is 6.20 Å². The molecule has 0 atom stereocenters. The lowest BCUT2D eigenvalue weighted by atomic mass is 10.1. The fraction of sp³-hybridized carbons (Fsp3) is 0. The van der Waals surface area contributed by atoms with Crippen LogP contribution in [0.5, 0.6) is 0 Å². The third kappa shape index (κ3) is 2.60. The minimum Gasteiger partial charge on any atom is -0.273 e. The molecule has 5 heteroatoms. The fourth-order valence-electron chi connectivity index (χ4n) is 2.43. The molecule has 4 aromatic rings. The monoisotopic (exact) mass is 299 g/mol. The molecule has 0 spiro atoms. The van der Waals surface area contributed by atoms with Gasteiger partial charge in [0.1, 0.15) is 17.5 Å². The number of aromatic amines is 1. The van der Waals surface area contributed by atoms with Crippen LogP contribution in [-0.4, -0.2) is 20.2 Å². The Morgan fingerprint density at radius 3 is 2.39 bits per heavy atom. The summed E-state index contributed by atoms with van der Waals surface area (Å²) in [6.45, 7) is 0. The highest BCUT2D eigenvalue weighted by Gasteiger charge is 2.09. The van der Waals surface area contributed by atoms with Gasteiger partial charge in [0.25, 0.3) is 0 Å². The number of hydrogen-bond donors (Lipinski definition) is 1. The number of H-pyrrole nitrogens is 1. The molecule has 0 aliphatic rings. The van der Waals surface area contributed by atoms with Gasteiger partial charge in [-0.3, -0.25) is 5.10 Å². The van der Waals surface area contributed by atoms with Crippen molar-refractivity contribution in [1.82, 2.24) is 20.2 Å². The van der Waals surface area contributed by atoms with E-state index in [0.29, 0.717) is 5.49 Å². The first-order chi connectivity index (χ1) is 11.4. The van der Waals surface area contributed by atoms with Crippen LogP contribution < -0.4 is 5.49 Å². The predicted molar refractivity (Wildman–Crippen MR) is 88.8 cm³/mol. The molecular weight excluding hydrogens is 286 g/mol. The van der Waals surface area contributed by atoms with Crippen LogP contribution in [0, 0.1) is 0 Å². The second kappa shape index (κ2) is 5.81. The zero-order valence-corrected chi connectivity index (χ0v) is 12.2. The quantitative estimate of drug-likeness (QED) is 0.618. The molecule has 110 valence electrons. The zero-order chi connectivity index (χ0) is 15.5. The molecule has 23 heavy (non-hydrogen) atoms. The highest BCUT2D eigenvalue weighted by atomic mass is 15.1. The van der Waals surface area contributed by atoms with E-state index in [0.717, 1.165) is 27.8 Å². The van der Waals surface area contributed by atoms with E-state index >= 15 is 0 Å². The molecule has 2 aromatic carbocycles. The van der Waals surface area contributed by atoms with Crippen LogP contribution in [0.1, 0.15) is 0 Å². The number of rotatable bonds is 2. The number of benzene rings is 2. The van der Waals surface area contributed by atoms with E-state index in [-0.39, 0.29) is 0 Å². The van der Waals surface area contributed by atoms with Crippen LogP contribution in [0.2, 0.25) is 0 Å². The Morgan fingerprint density at radius 1 is 0.870 bits per heavy atom. The third-order valence-corrected chi connectivity index (χ3v) is 3.52. The van der Waals surface area contributed by atoms with Gasteiger partial charge in [-0.15, -0.1) is 0 Å². The molecule has 0 radical (unpaired) electrons. The maximum absolute atomic E-state index is 4.59. The topological polar surface area (TPSA) is 66.8 Å². The summed E-state index contributed by atoms with van der Waals surface area (Å²) in [5, 5.41) is 8.37. The molecule has 0 saturated carbocycles. The van der Waals surface area contributed by atoms with Crippen LogP contribution in [0.15, 0.2) is 78.2 Å². The molecule has 5 nitrogen and oxygen atoms in total. The van der Waals surface area contributed by atoms with Gasteiger partial charge >= 0.3 is 0 Å². The third-order valence-electron chi connectivity index (χ3n) is 3.52. The molecule has 2 heterocycles. The molecule has 1 N–H and O–H groups in total. The average Bonchev–Trinajstić information content (AvgIpc) is 2.93. The highest BCUT2D eigenvalue weighted by Crippen LogP contribution is 2.23. The van der Waals surface area contributed by atoms with Crippen molar-refractivity contribution in [2.45, 2.75) is 0 Å². The Hall–Kier alpha value is -3.34. The van der Waals surface area contributed by atoms with E-state index in [4.69, 9.17) is 0 Å². The van der Waals surface area contributed by atoms with Gasteiger partial charge in [-0.25, -0.2) is 15.0 Å². The van der Waals surface area contributed by atoms with Gasteiger partial charge in [-0.2, -0.15) is 5.10 Å². The number of para-hydroxylation sites is 1. The van der Waals surface area contributed by atoms with Crippen molar-refractivity contribution in [3.63, 3.8) is 0 Å². The summed E-state index contributed by atoms with van der Waals surface area (Å²) in [6, 6.07) is 19.7. The number of fused-ring (bicyclic) bond motifs is 1. The van der Waals surface area contributed by atoms with Gasteiger partial charge in [0.05, 0.1) is 5.69 Å². The molecule has 4 rings (SSSR count). The SMILES string of the molecule is c1ccc(N=c2ncncc3c(-c4ccccc4)n[nH]c23)cc1. The van der Waals surface area contributed by atoms with Crippen molar-refractivity contribution in [1.29, 1.82) is 0 Å². The van der Waals surface area contributed by atoms with Crippen LogP contribution in [0.25, 0.3) is 22.2 Å². The van der Waals surface area contributed by atoms with Gasteiger partial charge in [0, 0.05) is 17.1 Å². The van der Waals surface area contributed by atoms with E-state index in [1.165, 1.54) is 6.33 Å². The van der Waals surface area contributed by atoms with Gasteiger partial charge in [-0.05, 0) is 12.1 Å². The normalized spacial score (nSPS) is 11.7. The zero-order valence-electron chi connectivity index (χ0n) is 12.2. The van der Waals surface area contributed by atoms with Crippen molar-refractivity contribution in [3.05, 3.63) is 78.7 Å². The van der Waals surface area contributed by atoms with E-state index in [1.807, 2.05) is 60.7 Å². The van der Waals surface area contributed by atoms with Gasteiger partial charge in [0.15, 0.2) is 5.49 Å². The maximum Gasteiger partial charge on any atom is 0.180 e. The van der Waals surface area contributed by atoms with Gasteiger partial charge < -0.3 is 0 Å². The Bertz CT molecular complexity index is 1010. The fourth-order valence-corrected chi connectivity index (χ4v) is 2.43. The summed E-state index contributed by atoms with van der Waals surface area (Å²) in [5.41, 5.74) is 4.04. The van der Waals surface area contributed by atoms with Gasteiger partial charge in [0.2, 0.25) is 0 Å². The Labute approximate surface area is 132 Å². The van der Waals surface area contributed by atoms with E-state index < -0.39 is 0 Å². The average molecular weight is 299 g/mol. The van der Waals surface area contributed by atoms with Gasteiger partial charge in [-0.1, -0.05) is 48.5 Å². The lowest BCUT2D eigenvalue weighted by Gasteiger charge is -1.94. The summed E-state index contributed by atoms with van der Waals surface area (Å²) >= 11 is 0. The summed E-state index contributed by atoms with van der Waals surface area (Å²) in [7, 11) is 0. The molecular formula is C18H13N5. The Balaban J connectivity index is 1.99. The van der Waals surface area contributed by atoms with Crippen LogP contribution in [0.3, 0.4) is 0 Å². The molecule has 0 bridgehead atoms. The number of hydrogen-bond acceptors (Lipinski definition) is 4. The van der Waals surface area contributed by atoms with E-state index in [9.17, 15) is 0 Å². The first-order valence-corrected chi connectivity index (χ1v) is 7.25. The van der Waals surface area contributed by atoms with Crippen molar-refractivity contribution >= 4 is 16.6 Å². The molecule has 0 unspecified atom stereocenters. The summed E-state index contributed by atoms with van der Waals surface area (Å²) < 4.78 is 0. The summed E-state index contributed by atoms with van der Waals surface area (Å²) in [5.74, 6) is 0. The number of aromatic nitrogens is 4. The Morgan fingerprint density at radius 2 is 1.61 bits per heavy atom. The van der Waals surface area contributed by atoms with Crippen molar-refractivity contribution in [2.75, 3.05) is 0 Å². The summed E-state index contributed by atoms with van der Waals surface area (Å²) in [6.07, 6.45) is 3.27. The number of nitrogens with one attached hydrogen (secondary N) is 1. The second-order valence-electron chi connectivity index (χ2n) is 5.02. The van der Waals surface area contributed by atoms with Crippen LogP contribution in [-0.2, 0) is 0 Å². The molecule has 2 aromatic heterocycles. The lowest BCUT2D eigenvalue weighted by molar-refractivity contribution is 1.08. The minimum atomic E-state index is 0.568. The first-order valence-electron chi connectivity index (χ1n) is 7.25. The van der Waals surface area contributed by atoms with Crippen molar-refractivity contribution in [2.24, 2.45) is 4.99 Å². The predicted octanol–water partition coefficient (Wildman–Crippen LogP) is 3.25. The molecule has 0 saturated heterocycles. The molecule has 0 aliphatic carbocycles. The summed E-state index contributed by atoms with van der Waals surface area (Å²) in [4.78, 5) is 13.1. The number of nitrogens with zero attached hydrogens (tertiary/aromatic N) is 4. The Kier molecular flexibility index (Phi) is 3.37. The standard InChI is InChI=1S/C18H13N5/c1-3-7-13(8-4-1)16-15-11-19-12-20-18(17(15)23-22-16)21-14-9-5-2-6-10-14/h1-12H,(H,22,23).